The second-order valence-electron chi connectivity index (χ2n) is 6.61. The van der Waals surface area contributed by atoms with E-state index in [1.165, 1.54) is 0 Å². The van der Waals surface area contributed by atoms with Gasteiger partial charge in [-0.1, -0.05) is 37.3 Å². The number of hydrogen-bond donors (Lipinski definition) is 1. The third-order valence-electron chi connectivity index (χ3n) is 4.82. The van der Waals surface area contributed by atoms with Gasteiger partial charge in [-0.25, -0.2) is 0 Å². The molecule has 0 bridgehead atoms. The van der Waals surface area contributed by atoms with Crippen LogP contribution in [0.25, 0.3) is 0 Å². The number of methoxy groups -OCH3 is 1. The summed E-state index contributed by atoms with van der Waals surface area (Å²) in [5.41, 5.74) is 7.14. The fraction of sp³-hybridized carbons (Fsp3) is 0.364. The maximum Gasteiger partial charge on any atom is 0.241 e. The topological polar surface area (TPSA) is 75.9 Å². The summed E-state index contributed by atoms with van der Waals surface area (Å²) in [6.45, 7) is 5.32. The number of nitrogens with zero attached hydrogens (tertiary/aromatic N) is 2. The lowest BCUT2D eigenvalue weighted by molar-refractivity contribution is -0.120. The van der Waals surface area contributed by atoms with Crippen LogP contribution < -0.4 is 15.4 Å². The smallest absolute Gasteiger partial charge is 0.241 e. The van der Waals surface area contributed by atoms with Crippen LogP contribution in [-0.4, -0.2) is 43.5 Å². The molecule has 0 radical (unpaired) electrons. The van der Waals surface area contributed by atoms with Gasteiger partial charge in [-0.3, -0.25) is 14.5 Å². The number of ether oxygens (including phenoxy) is 1. The molecule has 0 saturated heterocycles. The predicted octanol–water partition coefficient (Wildman–Crippen LogP) is 2.99. The average Bonchev–Trinajstić information content (AvgIpc) is 2.72. The fourth-order valence-electron chi connectivity index (χ4n) is 3.12. The van der Waals surface area contributed by atoms with Crippen LogP contribution in [0.3, 0.4) is 0 Å². The minimum atomic E-state index is -0.425. The Bertz CT molecular complexity index is 780. The number of anilines is 1. The number of benzene rings is 2. The molecule has 2 N–H and O–H groups in total. The normalized spacial score (nSPS) is 11.9. The number of carbonyl (C=O) groups is 2. The van der Waals surface area contributed by atoms with E-state index in [-0.39, 0.29) is 31.5 Å². The summed E-state index contributed by atoms with van der Waals surface area (Å²) < 4.78 is 5.31. The third-order valence-corrected chi connectivity index (χ3v) is 4.82. The maximum absolute atomic E-state index is 13.1. The van der Waals surface area contributed by atoms with Crippen LogP contribution in [0.1, 0.15) is 31.9 Å². The predicted molar refractivity (Wildman–Crippen MR) is 111 cm³/mol. The van der Waals surface area contributed by atoms with Crippen molar-refractivity contribution in [2.24, 2.45) is 5.73 Å². The molecule has 0 saturated carbocycles. The minimum absolute atomic E-state index is 0.0396. The van der Waals surface area contributed by atoms with E-state index in [4.69, 9.17) is 10.5 Å². The zero-order valence-corrected chi connectivity index (χ0v) is 16.8. The molecule has 0 aliphatic rings. The van der Waals surface area contributed by atoms with E-state index in [9.17, 15) is 9.59 Å². The van der Waals surface area contributed by atoms with Gasteiger partial charge in [0.2, 0.25) is 11.8 Å². The quantitative estimate of drug-likeness (QED) is 0.684. The molecule has 0 spiro atoms. The number of hydrogen-bond acceptors (Lipinski definition) is 4. The number of amides is 2. The number of likely N-dealkylation sites (N-methyl/N-ethyl adjacent to an activating group) is 1. The third kappa shape index (κ3) is 5.82. The van der Waals surface area contributed by atoms with Crippen LogP contribution in [-0.2, 0) is 9.59 Å². The van der Waals surface area contributed by atoms with Gasteiger partial charge in [0, 0.05) is 24.7 Å². The minimum Gasteiger partial charge on any atom is -0.497 e. The van der Waals surface area contributed by atoms with Crippen LogP contribution in [0, 0.1) is 0 Å². The van der Waals surface area contributed by atoms with E-state index in [0.29, 0.717) is 6.54 Å². The molecule has 0 fully saturated rings. The van der Waals surface area contributed by atoms with Crippen molar-refractivity contribution in [3.05, 3.63) is 60.2 Å². The van der Waals surface area contributed by atoms with Gasteiger partial charge in [-0.15, -0.1) is 0 Å². The highest BCUT2D eigenvalue weighted by Gasteiger charge is 2.22. The van der Waals surface area contributed by atoms with Crippen LogP contribution in [0.4, 0.5) is 5.69 Å². The molecule has 2 rings (SSSR count). The molecule has 28 heavy (non-hydrogen) atoms. The number of nitrogens with two attached hydrogens (primary N) is 1. The van der Waals surface area contributed by atoms with Gasteiger partial charge < -0.3 is 15.4 Å². The van der Waals surface area contributed by atoms with Crippen molar-refractivity contribution in [1.82, 2.24) is 4.90 Å². The highest BCUT2D eigenvalue weighted by molar-refractivity contribution is 5.95. The monoisotopic (exact) mass is 383 g/mol. The Kier molecular flexibility index (Phi) is 8.02. The summed E-state index contributed by atoms with van der Waals surface area (Å²) in [6.07, 6.45) is 0.123. The van der Waals surface area contributed by atoms with Crippen LogP contribution >= 0.6 is 0 Å². The van der Waals surface area contributed by atoms with Gasteiger partial charge in [0.05, 0.1) is 13.7 Å². The lowest BCUT2D eigenvalue weighted by atomic mass is 10.1. The van der Waals surface area contributed by atoms with E-state index in [0.717, 1.165) is 17.0 Å². The molecule has 0 heterocycles. The molecule has 1 unspecified atom stereocenters. The average molecular weight is 383 g/mol. The van der Waals surface area contributed by atoms with Crippen molar-refractivity contribution in [2.75, 3.05) is 31.6 Å². The first-order valence-electron chi connectivity index (χ1n) is 9.48. The SMILES string of the molecule is CCN(CC(=O)N(CCC(N)=O)c1ccccc1)C(C)c1cccc(OC)c1. The number of para-hydroxylation sites is 1. The molecule has 2 aromatic rings. The molecule has 1 atom stereocenters. The van der Waals surface area contributed by atoms with Crippen molar-refractivity contribution in [1.29, 1.82) is 0 Å². The molecule has 2 aromatic carbocycles. The summed E-state index contributed by atoms with van der Waals surface area (Å²) in [4.78, 5) is 28.1. The first-order valence-corrected chi connectivity index (χ1v) is 9.48. The van der Waals surface area contributed by atoms with E-state index >= 15 is 0 Å². The zero-order chi connectivity index (χ0) is 20.5. The molecule has 150 valence electrons. The van der Waals surface area contributed by atoms with Crippen molar-refractivity contribution >= 4 is 17.5 Å². The molecular formula is C22H29N3O3. The van der Waals surface area contributed by atoms with E-state index in [1.807, 2.05) is 61.5 Å². The highest BCUT2D eigenvalue weighted by Crippen LogP contribution is 2.24. The highest BCUT2D eigenvalue weighted by atomic mass is 16.5. The standard InChI is InChI=1S/C22H29N3O3/c1-4-24(17(2)18-9-8-12-20(15-18)28-3)16-22(27)25(14-13-21(23)26)19-10-6-5-7-11-19/h5-12,15,17H,4,13-14,16H2,1-3H3,(H2,23,26). The Morgan fingerprint density at radius 1 is 1.11 bits per heavy atom. The second kappa shape index (κ2) is 10.5. The van der Waals surface area contributed by atoms with Crippen molar-refractivity contribution in [2.45, 2.75) is 26.3 Å². The summed E-state index contributed by atoms with van der Waals surface area (Å²) in [6, 6.07) is 17.3. The van der Waals surface area contributed by atoms with E-state index < -0.39 is 5.91 Å². The maximum atomic E-state index is 13.1. The molecule has 6 heteroatoms. The lowest BCUT2D eigenvalue weighted by Crippen LogP contribution is -2.42. The molecule has 6 nitrogen and oxygen atoms in total. The molecule has 0 aliphatic carbocycles. The Balaban J connectivity index is 2.17. The largest absolute Gasteiger partial charge is 0.497 e. The molecular weight excluding hydrogens is 354 g/mol. The van der Waals surface area contributed by atoms with Crippen LogP contribution in [0.2, 0.25) is 0 Å². The van der Waals surface area contributed by atoms with Gasteiger partial charge in [0.25, 0.3) is 0 Å². The Morgan fingerprint density at radius 2 is 1.82 bits per heavy atom. The van der Waals surface area contributed by atoms with Crippen LogP contribution in [0.5, 0.6) is 5.75 Å². The lowest BCUT2D eigenvalue weighted by Gasteiger charge is -2.31. The van der Waals surface area contributed by atoms with Crippen molar-refractivity contribution in [3.63, 3.8) is 0 Å². The fourth-order valence-corrected chi connectivity index (χ4v) is 3.12. The Hall–Kier alpha value is -2.86. The number of primary amides is 1. The summed E-state index contributed by atoms with van der Waals surface area (Å²) >= 11 is 0. The van der Waals surface area contributed by atoms with Gasteiger partial charge in [0.15, 0.2) is 0 Å². The first-order chi connectivity index (χ1) is 13.5. The summed E-state index contributed by atoms with van der Waals surface area (Å²) in [5.74, 6) is 0.300. The molecule has 0 aliphatic heterocycles. The van der Waals surface area contributed by atoms with Gasteiger partial charge in [0.1, 0.15) is 5.75 Å². The van der Waals surface area contributed by atoms with Crippen molar-refractivity contribution in [3.8, 4) is 5.75 Å². The Morgan fingerprint density at radius 3 is 2.43 bits per heavy atom. The molecule has 2 amide bonds. The zero-order valence-electron chi connectivity index (χ0n) is 16.8. The number of rotatable bonds is 10. The van der Waals surface area contributed by atoms with E-state index in [2.05, 4.69) is 11.8 Å². The summed E-state index contributed by atoms with van der Waals surface area (Å²) in [5, 5.41) is 0. The van der Waals surface area contributed by atoms with Crippen molar-refractivity contribution < 1.29 is 14.3 Å². The van der Waals surface area contributed by atoms with Gasteiger partial charge in [-0.2, -0.15) is 0 Å². The number of carbonyl (C=O) groups excluding carboxylic acids is 2. The second-order valence-corrected chi connectivity index (χ2v) is 6.61. The Labute approximate surface area is 166 Å². The van der Waals surface area contributed by atoms with Gasteiger partial charge in [-0.05, 0) is 43.3 Å². The molecule has 0 aromatic heterocycles. The van der Waals surface area contributed by atoms with Gasteiger partial charge >= 0.3 is 0 Å². The van der Waals surface area contributed by atoms with E-state index in [1.54, 1.807) is 12.0 Å². The first kappa shape index (κ1) is 21.4. The summed E-state index contributed by atoms with van der Waals surface area (Å²) in [7, 11) is 1.64. The van der Waals surface area contributed by atoms with Crippen LogP contribution in [0.15, 0.2) is 54.6 Å².